The molecule has 1 rings (SSSR count). The first kappa shape index (κ1) is 13.5. The summed E-state index contributed by atoms with van der Waals surface area (Å²) in [6.07, 6.45) is 0.617. The first-order chi connectivity index (χ1) is 7.88. The Morgan fingerprint density at radius 2 is 1.88 bits per heavy atom. The first-order valence-electron chi connectivity index (χ1n) is 5.55. The third kappa shape index (κ3) is 5.35. The number of hydrogen-bond donors (Lipinski definition) is 1. The highest BCUT2D eigenvalue weighted by Crippen LogP contribution is 2.19. The van der Waals surface area contributed by atoms with Crippen LogP contribution in [0.1, 0.15) is 5.56 Å². The molecule has 92 valence electrons. The Hall–Kier alpha value is -1.55. The van der Waals surface area contributed by atoms with E-state index in [0.717, 1.165) is 11.6 Å². The van der Waals surface area contributed by atoms with Crippen molar-refractivity contribution in [2.45, 2.75) is 25.7 Å². The quantitative estimate of drug-likeness (QED) is 0.498. The molecule has 1 aromatic rings. The lowest BCUT2D eigenvalue weighted by atomic mass is 10.2. The van der Waals surface area contributed by atoms with Crippen LogP contribution in [0.15, 0.2) is 36.4 Å². The summed E-state index contributed by atoms with van der Waals surface area (Å²) in [6.45, 7) is 6.69. The van der Waals surface area contributed by atoms with E-state index in [4.69, 9.17) is 9.84 Å². The summed E-state index contributed by atoms with van der Waals surface area (Å²) in [5, 5.41) is 8.72. The van der Waals surface area contributed by atoms with Crippen molar-refractivity contribution >= 4 is 20.0 Å². The SMILES string of the molecule is C[Si](C)(C)CC=C(OC(=O)O)c1ccccc1. The number of rotatable bonds is 4. The Bertz CT molecular complexity index is 404. The second-order valence-corrected chi connectivity index (χ2v) is 10.6. The fourth-order valence-electron chi connectivity index (χ4n) is 1.31. The molecule has 4 heteroatoms. The van der Waals surface area contributed by atoms with Crippen LogP contribution >= 0.6 is 0 Å². The molecule has 0 radical (unpaired) electrons. The van der Waals surface area contributed by atoms with Gasteiger partial charge in [-0.2, -0.15) is 0 Å². The lowest BCUT2D eigenvalue weighted by molar-refractivity contribution is 0.134. The standard InChI is InChI=1S/C13H18O3Si/c1-17(2,3)10-9-12(16-13(14)15)11-7-5-4-6-8-11/h4-9H,10H2,1-3H3,(H,14,15). The van der Waals surface area contributed by atoms with Gasteiger partial charge in [0, 0.05) is 13.6 Å². The van der Waals surface area contributed by atoms with Gasteiger partial charge in [-0.3, -0.25) is 0 Å². The average Bonchev–Trinajstić information content (AvgIpc) is 2.24. The average molecular weight is 250 g/mol. The summed E-state index contributed by atoms with van der Waals surface area (Å²) in [5.74, 6) is 0.431. The first-order valence-corrected chi connectivity index (χ1v) is 9.25. The van der Waals surface area contributed by atoms with Gasteiger partial charge in [-0.15, -0.1) is 0 Å². The number of ether oxygens (including phenoxy) is 1. The zero-order valence-corrected chi connectivity index (χ0v) is 11.4. The van der Waals surface area contributed by atoms with Crippen molar-refractivity contribution in [1.82, 2.24) is 0 Å². The molecule has 0 aliphatic carbocycles. The van der Waals surface area contributed by atoms with Gasteiger partial charge in [0.2, 0.25) is 0 Å². The van der Waals surface area contributed by atoms with Crippen molar-refractivity contribution in [3.05, 3.63) is 42.0 Å². The second kappa shape index (κ2) is 5.68. The molecule has 0 aliphatic heterocycles. The smallest absolute Gasteiger partial charge is 0.449 e. The normalized spacial score (nSPS) is 12.3. The van der Waals surface area contributed by atoms with Gasteiger partial charge in [0.25, 0.3) is 0 Å². The van der Waals surface area contributed by atoms with Gasteiger partial charge in [-0.1, -0.05) is 50.0 Å². The molecule has 1 N–H and O–H groups in total. The van der Waals surface area contributed by atoms with Crippen molar-refractivity contribution < 1.29 is 14.6 Å². The van der Waals surface area contributed by atoms with Gasteiger partial charge in [-0.05, 0) is 12.1 Å². The Morgan fingerprint density at radius 1 is 1.29 bits per heavy atom. The van der Waals surface area contributed by atoms with Crippen molar-refractivity contribution in [3.8, 4) is 0 Å². The van der Waals surface area contributed by atoms with E-state index < -0.39 is 14.2 Å². The van der Waals surface area contributed by atoms with E-state index in [1.165, 1.54) is 0 Å². The highest BCUT2D eigenvalue weighted by Gasteiger charge is 2.13. The predicted molar refractivity (Wildman–Crippen MR) is 71.7 cm³/mol. The fraction of sp³-hybridized carbons (Fsp3) is 0.308. The van der Waals surface area contributed by atoms with Crippen molar-refractivity contribution in [1.29, 1.82) is 0 Å². The lowest BCUT2D eigenvalue weighted by Crippen LogP contribution is -2.17. The second-order valence-electron chi connectivity index (χ2n) is 5.07. The van der Waals surface area contributed by atoms with Crippen LogP contribution in [0.5, 0.6) is 0 Å². The van der Waals surface area contributed by atoms with E-state index >= 15 is 0 Å². The minimum Gasteiger partial charge on any atom is -0.449 e. The number of hydrogen-bond acceptors (Lipinski definition) is 2. The molecule has 0 bridgehead atoms. The molecule has 0 unspecified atom stereocenters. The summed E-state index contributed by atoms with van der Waals surface area (Å²) >= 11 is 0. The topological polar surface area (TPSA) is 46.5 Å². The summed E-state index contributed by atoms with van der Waals surface area (Å²) in [6, 6.07) is 10.2. The van der Waals surface area contributed by atoms with Crippen LogP contribution in [-0.2, 0) is 4.74 Å². The van der Waals surface area contributed by atoms with Gasteiger partial charge in [0.05, 0.1) is 0 Å². The summed E-state index contributed by atoms with van der Waals surface area (Å²) in [5.41, 5.74) is 0.799. The summed E-state index contributed by atoms with van der Waals surface area (Å²) in [4.78, 5) is 10.7. The van der Waals surface area contributed by atoms with Crippen LogP contribution in [-0.4, -0.2) is 19.3 Å². The molecule has 0 saturated heterocycles. The minimum absolute atomic E-state index is 0.431. The number of allylic oxidation sites excluding steroid dienone is 1. The van der Waals surface area contributed by atoms with E-state index in [9.17, 15) is 4.79 Å². The Morgan fingerprint density at radius 3 is 2.35 bits per heavy atom. The molecular formula is C13H18O3Si. The van der Waals surface area contributed by atoms with Gasteiger partial charge in [0.15, 0.2) is 0 Å². The maximum absolute atomic E-state index is 10.7. The molecule has 0 heterocycles. The maximum atomic E-state index is 10.7. The third-order valence-electron chi connectivity index (χ3n) is 2.16. The molecule has 0 atom stereocenters. The maximum Gasteiger partial charge on any atom is 0.511 e. The van der Waals surface area contributed by atoms with Gasteiger partial charge in [0.1, 0.15) is 5.76 Å². The van der Waals surface area contributed by atoms with Crippen LogP contribution in [0, 0.1) is 0 Å². The zero-order chi connectivity index (χ0) is 12.9. The largest absolute Gasteiger partial charge is 0.511 e. The van der Waals surface area contributed by atoms with E-state index in [2.05, 4.69) is 19.6 Å². The Labute approximate surface area is 103 Å². The van der Waals surface area contributed by atoms with Crippen LogP contribution in [0.2, 0.25) is 25.7 Å². The third-order valence-corrected chi connectivity index (χ3v) is 3.58. The molecule has 0 aliphatic rings. The van der Waals surface area contributed by atoms with E-state index in [0.29, 0.717) is 5.76 Å². The van der Waals surface area contributed by atoms with Crippen LogP contribution in [0.4, 0.5) is 4.79 Å². The van der Waals surface area contributed by atoms with Crippen LogP contribution in [0.25, 0.3) is 5.76 Å². The van der Waals surface area contributed by atoms with Gasteiger partial charge < -0.3 is 9.84 Å². The highest BCUT2D eigenvalue weighted by atomic mass is 28.3. The van der Waals surface area contributed by atoms with Crippen LogP contribution in [0.3, 0.4) is 0 Å². The molecule has 0 saturated carbocycles. The monoisotopic (exact) mass is 250 g/mol. The van der Waals surface area contributed by atoms with E-state index in [1.54, 1.807) is 0 Å². The Balaban J connectivity index is 2.92. The fourth-order valence-corrected chi connectivity index (χ4v) is 2.11. The van der Waals surface area contributed by atoms with E-state index in [1.807, 2.05) is 36.4 Å². The van der Waals surface area contributed by atoms with Crippen LogP contribution < -0.4 is 0 Å². The van der Waals surface area contributed by atoms with Gasteiger partial charge >= 0.3 is 6.16 Å². The van der Waals surface area contributed by atoms with Crippen molar-refractivity contribution in [2.24, 2.45) is 0 Å². The lowest BCUT2D eigenvalue weighted by Gasteiger charge is -2.14. The molecular weight excluding hydrogens is 232 g/mol. The highest BCUT2D eigenvalue weighted by molar-refractivity contribution is 6.76. The molecule has 0 aromatic heterocycles. The van der Waals surface area contributed by atoms with E-state index in [-0.39, 0.29) is 0 Å². The Kier molecular flexibility index (Phi) is 4.51. The zero-order valence-electron chi connectivity index (χ0n) is 10.4. The minimum atomic E-state index is -1.27. The van der Waals surface area contributed by atoms with Crippen molar-refractivity contribution in [3.63, 3.8) is 0 Å². The van der Waals surface area contributed by atoms with Crippen molar-refractivity contribution in [2.75, 3.05) is 0 Å². The molecule has 3 nitrogen and oxygen atoms in total. The predicted octanol–water partition coefficient (Wildman–Crippen LogP) is 4.06. The van der Waals surface area contributed by atoms with Gasteiger partial charge in [-0.25, -0.2) is 4.79 Å². The molecule has 1 aromatic carbocycles. The number of carboxylic acid groups (broad SMARTS) is 1. The molecule has 0 spiro atoms. The molecule has 17 heavy (non-hydrogen) atoms. The number of carbonyl (C=O) groups is 1. The molecule has 0 amide bonds. The summed E-state index contributed by atoms with van der Waals surface area (Å²) < 4.78 is 4.83. The summed E-state index contributed by atoms with van der Waals surface area (Å²) in [7, 11) is -1.25. The number of benzene rings is 1. The molecule has 0 fully saturated rings.